The summed E-state index contributed by atoms with van der Waals surface area (Å²) in [5, 5.41) is 0. The molecule has 0 heterocycles. The van der Waals surface area contributed by atoms with Crippen molar-refractivity contribution in [2.75, 3.05) is 13.1 Å². The number of halogens is 1. The summed E-state index contributed by atoms with van der Waals surface area (Å²) >= 11 is 5.96. The van der Waals surface area contributed by atoms with E-state index in [0.29, 0.717) is 29.8 Å². The zero-order chi connectivity index (χ0) is 15.5. The minimum atomic E-state index is -3.40. The van der Waals surface area contributed by atoms with Crippen molar-refractivity contribution in [2.24, 2.45) is 5.92 Å². The van der Waals surface area contributed by atoms with E-state index in [1.807, 2.05) is 13.0 Å². The Morgan fingerprint density at radius 1 is 1.24 bits per heavy atom. The lowest BCUT2D eigenvalue weighted by molar-refractivity contribution is 0.395. The lowest BCUT2D eigenvalue weighted by atomic mass is 10.1. The van der Waals surface area contributed by atoms with E-state index in [1.54, 1.807) is 16.4 Å². The summed E-state index contributed by atoms with van der Waals surface area (Å²) in [7, 11) is -3.40. The predicted octanol–water partition coefficient (Wildman–Crippen LogP) is 3.80. The summed E-state index contributed by atoms with van der Waals surface area (Å²) in [5.41, 5.74) is 2.04. The highest BCUT2D eigenvalue weighted by molar-refractivity contribution is 7.89. The van der Waals surface area contributed by atoms with Gasteiger partial charge in [-0.1, -0.05) is 19.9 Å². The van der Waals surface area contributed by atoms with Gasteiger partial charge in [0.15, 0.2) is 0 Å². The topological polar surface area (TPSA) is 37.4 Å². The molecule has 0 unspecified atom stereocenters. The average molecular weight is 330 g/mol. The minimum absolute atomic E-state index is 0.350. The number of sulfonamides is 1. The maximum absolute atomic E-state index is 12.8. The molecule has 3 nitrogen and oxygen atoms in total. The standard InChI is InChI=1S/C16H24ClNO2S/c1-3-9-18(12-13-5-6-13)21(19,20)16-8-7-14(4-2)15(10-16)11-17/h7-8,10,13H,3-6,9,11-12H2,1-2H3. The third kappa shape index (κ3) is 3.99. The molecule has 1 fully saturated rings. The molecule has 2 rings (SSSR count). The van der Waals surface area contributed by atoms with Crippen LogP contribution < -0.4 is 0 Å². The summed E-state index contributed by atoms with van der Waals surface area (Å²) in [5.74, 6) is 0.900. The summed E-state index contributed by atoms with van der Waals surface area (Å²) in [4.78, 5) is 0.379. The van der Waals surface area contributed by atoms with Gasteiger partial charge in [-0.05, 0) is 54.9 Å². The molecule has 0 bridgehead atoms. The maximum Gasteiger partial charge on any atom is 0.243 e. The largest absolute Gasteiger partial charge is 0.243 e. The zero-order valence-corrected chi connectivity index (χ0v) is 14.4. The highest BCUT2D eigenvalue weighted by Crippen LogP contribution is 2.32. The Bertz CT molecular complexity index is 582. The van der Waals surface area contributed by atoms with E-state index in [4.69, 9.17) is 11.6 Å². The van der Waals surface area contributed by atoms with Crippen molar-refractivity contribution in [3.8, 4) is 0 Å². The average Bonchev–Trinajstić information content (AvgIpc) is 3.30. The van der Waals surface area contributed by atoms with Crippen LogP contribution in [0, 0.1) is 5.92 Å². The first-order chi connectivity index (χ1) is 10.0. The van der Waals surface area contributed by atoms with Crippen LogP contribution in [0.1, 0.15) is 44.2 Å². The van der Waals surface area contributed by atoms with Crippen molar-refractivity contribution < 1.29 is 8.42 Å². The molecular formula is C16H24ClNO2S. The van der Waals surface area contributed by atoms with Gasteiger partial charge < -0.3 is 0 Å². The van der Waals surface area contributed by atoms with Crippen molar-refractivity contribution in [2.45, 2.75) is 50.3 Å². The van der Waals surface area contributed by atoms with Gasteiger partial charge in [-0.25, -0.2) is 8.42 Å². The number of nitrogens with zero attached hydrogens (tertiary/aromatic N) is 1. The van der Waals surface area contributed by atoms with Crippen molar-refractivity contribution in [1.82, 2.24) is 4.31 Å². The fraction of sp³-hybridized carbons (Fsp3) is 0.625. The van der Waals surface area contributed by atoms with E-state index in [9.17, 15) is 8.42 Å². The summed E-state index contributed by atoms with van der Waals surface area (Å²) in [6, 6.07) is 5.36. The molecule has 1 aromatic rings. The number of hydrogen-bond acceptors (Lipinski definition) is 2. The number of alkyl halides is 1. The van der Waals surface area contributed by atoms with Crippen LogP contribution in [0.4, 0.5) is 0 Å². The molecule has 1 saturated carbocycles. The Balaban J connectivity index is 2.31. The molecule has 0 atom stereocenters. The van der Waals surface area contributed by atoms with E-state index in [-0.39, 0.29) is 0 Å². The van der Waals surface area contributed by atoms with Crippen LogP contribution in [0.2, 0.25) is 0 Å². The first-order valence-corrected chi connectivity index (χ1v) is 9.68. The van der Waals surface area contributed by atoms with Crippen LogP contribution in [0.3, 0.4) is 0 Å². The molecule has 0 aromatic heterocycles. The van der Waals surface area contributed by atoms with Crippen molar-refractivity contribution in [3.63, 3.8) is 0 Å². The second-order valence-corrected chi connectivity index (χ2v) is 7.93. The first kappa shape index (κ1) is 16.8. The molecule has 0 spiro atoms. The minimum Gasteiger partial charge on any atom is -0.207 e. The number of hydrogen-bond donors (Lipinski definition) is 0. The molecule has 1 aliphatic rings. The van der Waals surface area contributed by atoms with Gasteiger partial charge in [0.05, 0.1) is 4.90 Å². The highest BCUT2D eigenvalue weighted by Gasteiger charge is 2.31. The van der Waals surface area contributed by atoms with Crippen LogP contribution in [0.15, 0.2) is 23.1 Å². The van der Waals surface area contributed by atoms with Gasteiger partial charge in [0.25, 0.3) is 0 Å². The zero-order valence-electron chi connectivity index (χ0n) is 12.8. The fourth-order valence-electron chi connectivity index (χ4n) is 2.53. The van der Waals surface area contributed by atoms with Crippen molar-refractivity contribution in [3.05, 3.63) is 29.3 Å². The second kappa shape index (κ2) is 7.12. The van der Waals surface area contributed by atoms with Gasteiger partial charge in [0.1, 0.15) is 0 Å². The monoisotopic (exact) mass is 329 g/mol. The quantitative estimate of drug-likeness (QED) is 0.680. The first-order valence-electron chi connectivity index (χ1n) is 7.70. The van der Waals surface area contributed by atoms with Crippen LogP contribution in [-0.4, -0.2) is 25.8 Å². The summed E-state index contributed by atoms with van der Waals surface area (Å²) in [6.07, 6.45) is 4.00. The second-order valence-electron chi connectivity index (χ2n) is 5.72. The van der Waals surface area contributed by atoms with E-state index in [1.165, 1.54) is 0 Å². The Morgan fingerprint density at radius 2 is 1.95 bits per heavy atom. The molecular weight excluding hydrogens is 306 g/mol. The van der Waals surface area contributed by atoms with Crippen LogP contribution >= 0.6 is 11.6 Å². The lowest BCUT2D eigenvalue weighted by Crippen LogP contribution is -2.33. The molecule has 0 radical (unpaired) electrons. The molecule has 0 amide bonds. The Hall–Kier alpha value is -0.580. The smallest absolute Gasteiger partial charge is 0.207 e. The molecule has 0 N–H and O–H groups in total. The van der Waals surface area contributed by atoms with Crippen LogP contribution in [-0.2, 0) is 22.3 Å². The van der Waals surface area contributed by atoms with Crippen LogP contribution in [0.5, 0.6) is 0 Å². The Kier molecular flexibility index (Phi) is 5.69. The molecule has 118 valence electrons. The molecule has 1 aromatic carbocycles. The number of rotatable bonds is 8. The molecule has 0 aliphatic heterocycles. The molecule has 5 heteroatoms. The molecule has 1 aliphatic carbocycles. The number of aryl methyl sites for hydroxylation is 1. The van der Waals surface area contributed by atoms with Gasteiger partial charge in [-0.3, -0.25) is 0 Å². The van der Waals surface area contributed by atoms with Gasteiger partial charge >= 0.3 is 0 Å². The Labute approximate surface area is 133 Å². The van der Waals surface area contributed by atoms with Gasteiger partial charge in [-0.2, -0.15) is 4.31 Å². The van der Waals surface area contributed by atoms with Gasteiger partial charge in [0.2, 0.25) is 10.0 Å². The van der Waals surface area contributed by atoms with E-state index < -0.39 is 10.0 Å². The van der Waals surface area contributed by atoms with E-state index in [2.05, 4.69) is 6.92 Å². The lowest BCUT2D eigenvalue weighted by Gasteiger charge is -2.22. The van der Waals surface area contributed by atoms with Gasteiger partial charge in [0, 0.05) is 19.0 Å². The summed E-state index contributed by atoms with van der Waals surface area (Å²) < 4.78 is 27.3. The van der Waals surface area contributed by atoms with Crippen molar-refractivity contribution >= 4 is 21.6 Å². The normalized spacial score (nSPS) is 15.6. The fourth-order valence-corrected chi connectivity index (χ4v) is 4.44. The SMILES string of the molecule is CCCN(CC1CC1)S(=O)(=O)c1ccc(CC)c(CCl)c1. The van der Waals surface area contributed by atoms with E-state index >= 15 is 0 Å². The highest BCUT2D eigenvalue weighted by atomic mass is 35.5. The molecule has 0 saturated heterocycles. The van der Waals surface area contributed by atoms with Gasteiger partial charge in [-0.15, -0.1) is 11.6 Å². The van der Waals surface area contributed by atoms with E-state index in [0.717, 1.165) is 36.8 Å². The molecule has 21 heavy (non-hydrogen) atoms. The number of benzene rings is 1. The van der Waals surface area contributed by atoms with Crippen molar-refractivity contribution in [1.29, 1.82) is 0 Å². The third-order valence-corrected chi connectivity index (χ3v) is 6.12. The maximum atomic E-state index is 12.8. The third-order valence-electron chi connectivity index (χ3n) is 3.97. The summed E-state index contributed by atoms with van der Waals surface area (Å²) in [6.45, 7) is 5.31. The Morgan fingerprint density at radius 3 is 2.48 bits per heavy atom. The predicted molar refractivity (Wildman–Crippen MR) is 87.2 cm³/mol. The van der Waals surface area contributed by atoms with Crippen LogP contribution in [0.25, 0.3) is 0 Å².